The minimum absolute atomic E-state index is 0.00607. The van der Waals surface area contributed by atoms with Crippen molar-refractivity contribution in [1.82, 2.24) is 19.9 Å². The minimum atomic E-state index is -0.348. The van der Waals surface area contributed by atoms with Gasteiger partial charge in [0.1, 0.15) is 17.7 Å². The zero-order valence-corrected chi connectivity index (χ0v) is 25.0. The molecule has 40 heavy (non-hydrogen) atoms. The number of anilines is 2. The zero-order valence-electron chi connectivity index (χ0n) is 25.0. The maximum absolute atomic E-state index is 13.2. The average Bonchev–Trinajstić information content (AvgIpc) is 3.53. The zero-order chi connectivity index (χ0) is 29.2. The van der Waals surface area contributed by atoms with E-state index in [1.807, 2.05) is 105 Å². The van der Waals surface area contributed by atoms with Gasteiger partial charge in [0, 0.05) is 32.1 Å². The van der Waals surface area contributed by atoms with Crippen molar-refractivity contribution in [3.63, 3.8) is 0 Å². The van der Waals surface area contributed by atoms with Crippen LogP contribution in [0.1, 0.15) is 71.8 Å². The first-order chi connectivity index (χ1) is 19.5. The number of nitrogens with zero attached hydrogens (tertiary/aromatic N) is 3. The number of amides is 1. The topological polar surface area (TPSA) is 83.9 Å². The van der Waals surface area contributed by atoms with Gasteiger partial charge in [0.25, 0.3) is 0 Å². The lowest BCUT2D eigenvalue weighted by Gasteiger charge is -2.27. The number of benzene rings is 1. The molecule has 1 aliphatic carbocycles. The van der Waals surface area contributed by atoms with E-state index in [0.717, 1.165) is 23.4 Å². The molecule has 3 aromatic rings. The first-order valence-electron chi connectivity index (χ1n) is 14.5. The highest BCUT2D eigenvalue weighted by Crippen LogP contribution is 2.28. The molecule has 1 saturated carbocycles. The fourth-order valence-electron chi connectivity index (χ4n) is 4.60. The molecule has 3 N–H and O–H groups in total. The van der Waals surface area contributed by atoms with Gasteiger partial charge in [-0.15, -0.1) is 0 Å². The van der Waals surface area contributed by atoms with Crippen LogP contribution in [0, 0.1) is 5.92 Å². The molecule has 0 radical (unpaired) electrons. The van der Waals surface area contributed by atoms with Gasteiger partial charge in [0.05, 0.1) is 0 Å². The van der Waals surface area contributed by atoms with Crippen LogP contribution < -0.4 is 16.0 Å². The lowest BCUT2D eigenvalue weighted by Crippen LogP contribution is -2.41. The van der Waals surface area contributed by atoms with Gasteiger partial charge in [-0.3, -0.25) is 4.79 Å². The fourth-order valence-corrected chi connectivity index (χ4v) is 4.60. The molecule has 1 amide bonds. The normalized spacial score (nSPS) is 13.7. The van der Waals surface area contributed by atoms with Crippen molar-refractivity contribution in [3.8, 4) is 5.82 Å². The van der Waals surface area contributed by atoms with Gasteiger partial charge < -0.3 is 20.5 Å². The third-order valence-electron chi connectivity index (χ3n) is 6.50. The Labute approximate surface area is 241 Å². The molecule has 4 rings (SSSR count). The maximum Gasteiger partial charge on any atom is 0.242 e. The highest BCUT2D eigenvalue weighted by molar-refractivity contribution is 5.84. The van der Waals surface area contributed by atoms with Crippen LogP contribution in [0.25, 0.3) is 5.82 Å². The van der Waals surface area contributed by atoms with E-state index >= 15 is 0 Å². The smallest absolute Gasteiger partial charge is 0.242 e. The average molecular weight is 545 g/mol. The Morgan fingerprint density at radius 2 is 1.75 bits per heavy atom. The molecule has 2 heterocycles. The van der Waals surface area contributed by atoms with E-state index in [1.165, 1.54) is 32.1 Å². The first kappa shape index (κ1) is 32.3. The molecule has 2 aromatic heterocycles. The first-order valence-corrected chi connectivity index (χ1v) is 14.5. The minimum Gasteiger partial charge on any atom is -0.358 e. The number of hydrogen-bond donors (Lipinski definition) is 3. The van der Waals surface area contributed by atoms with Gasteiger partial charge in [-0.05, 0) is 43.9 Å². The highest BCUT2D eigenvalue weighted by atomic mass is 16.2. The molecule has 0 aliphatic heterocycles. The van der Waals surface area contributed by atoms with Crippen LogP contribution in [0.4, 0.5) is 11.8 Å². The summed E-state index contributed by atoms with van der Waals surface area (Å²) >= 11 is 0. The number of hydrogen-bond acceptors (Lipinski definition) is 5. The Morgan fingerprint density at radius 3 is 2.33 bits per heavy atom. The molecule has 1 aromatic carbocycles. The van der Waals surface area contributed by atoms with Gasteiger partial charge >= 0.3 is 0 Å². The lowest BCUT2D eigenvalue weighted by atomic mass is 9.84. The van der Waals surface area contributed by atoms with E-state index in [4.69, 9.17) is 0 Å². The number of allylic oxidation sites excluding steroid dienone is 3. The van der Waals surface area contributed by atoms with E-state index in [0.29, 0.717) is 24.2 Å². The Morgan fingerprint density at radius 1 is 1.07 bits per heavy atom. The molecule has 1 atom stereocenters. The summed E-state index contributed by atoms with van der Waals surface area (Å²) in [5, 5.41) is 9.56. The van der Waals surface area contributed by atoms with Gasteiger partial charge in [0.15, 0.2) is 0 Å². The second-order valence-electron chi connectivity index (χ2n) is 9.76. The number of carbonyl (C=O) groups excluding carboxylic acids is 1. The third-order valence-corrected chi connectivity index (χ3v) is 6.50. The monoisotopic (exact) mass is 544 g/mol. The van der Waals surface area contributed by atoms with Crippen LogP contribution in [0.15, 0.2) is 85.2 Å². The number of carbonyl (C=O) groups is 1. The van der Waals surface area contributed by atoms with Crippen LogP contribution in [-0.4, -0.2) is 33.5 Å². The molecule has 216 valence electrons. The van der Waals surface area contributed by atoms with Crippen molar-refractivity contribution < 1.29 is 4.79 Å². The SMILES string of the molecule is C=C(C)/C=C\C.CC.CNc1nc(N[C@H](CC2CCCCC2)C(=O)NCc2ccccc2)cc(-n2cccc2)n1. The summed E-state index contributed by atoms with van der Waals surface area (Å²) in [6.45, 7) is 12.1. The summed E-state index contributed by atoms with van der Waals surface area (Å²) in [7, 11) is 1.80. The Balaban J connectivity index is 0.000000622. The Kier molecular flexibility index (Phi) is 14.9. The molecular weight excluding hydrogens is 496 g/mol. The van der Waals surface area contributed by atoms with Gasteiger partial charge in [0.2, 0.25) is 11.9 Å². The van der Waals surface area contributed by atoms with E-state index in [9.17, 15) is 4.79 Å². The second kappa shape index (κ2) is 18.4. The van der Waals surface area contributed by atoms with Crippen LogP contribution >= 0.6 is 0 Å². The summed E-state index contributed by atoms with van der Waals surface area (Å²) in [6, 6.07) is 15.5. The molecule has 0 unspecified atom stereocenters. The molecular formula is C33H48N6O. The molecule has 0 saturated heterocycles. The third kappa shape index (κ3) is 11.5. The number of rotatable bonds is 10. The van der Waals surface area contributed by atoms with Crippen molar-refractivity contribution in [1.29, 1.82) is 0 Å². The Hall–Kier alpha value is -3.87. The van der Waals surface area contributed by atoms with Crippen molar-refractivity contribution in [3.05, 3.63) is 90.8 Å². The molecule has 0 bridgehead atoms. The molecule has 1 fully saturated rings. The maximum atomic E-state index is 13.2. The number of aromatic nitrogens is 3. The summed E-state index contributed by atoms with van der Waals surface area (Å²) < 4.78 is 1.93. The predicted octanol–water partition coefficient (Wildman–Crippen LogP) is 7.54. The summed E-state index contributed by atoms with van der Waals surface area (Å²) in [5.41, 5.74) is 2.20. The predicted molar refractivity (Wildman–Crippen MR) is 169 cm³/mol. The van der Waals surface area contributed by atoms with Gasteiger partial charge in [-0.1, -0.05) is 101 Å². The van der Waals surface area contributed by atoms with E-state index in [1.54, 1.807) is 7.05 Å². The highest BCUT2D eigenvalue weighted by Gasteiger charge is 2.25. The molecule has 7 heteroatoms. The number of nitrogens with one attached hydrogen (secondary N) is 3. The van der Waals surface area contributed by atoms with Gasteiger partial charge in [-0.2, -0.15) is 9.97 Å². The largest absolute Gasteiger partial charge is 0.358 e. The van der Waals surface area contributed by atoms with Crippen molar-refractivity contribution in [2.24, 2.45) is 5.92 Å². The second-order valence-corrected chi connectivity index (χ2v) is 9.76. The van der Waals surface area contributed by atoms with Crippen LogP contribution in [0.5, 0.6) is 0 Å². The van der Waals surface area contributed by atoms with E-state index < -0.39 is 0 Å². The lowest BCUT2D eigenvalue weighted by molar-refractivity contribution is -0.122. The van der Waals surface area contributed by atoms with Gasteiger partial charge in [-0.25, -0.2) is 0 Å². The molecule has 1 aliphatic rings. The fraction of sp³-hybridized carbons (Fsp3) is 0.424. The quantitative estimate of drug-likeness (QED) is 0.230. The van der Waals surface area contributed by atoms with Crippen molar-refractivity contribution in [2.75, 3.05) is 17.7 Å². The van der Waals surface area contributed by atoms with Crippen molar-refractivity contribution in [2.45, 2.75) is 78.8 Å². The Bertz CT molecular complexity index is 1150. The van der Waals surface area contributed by atoms with E-state index in [2.05, 4.69) is 32.5 Å². The van der Waals surface area contributed by atoms with Crippen LogP contribution in [0.3, 0.4) is 0 Å². The standard InChI is InChI=1S/C25H32N6O.C6H10.C2H6/c1-26-25-29-22(17-23(30-25)31-14-8-9-15-31)28-21(16-19-10-4-2-5-11-19)24(32)27-18-20-12-6-3-7-13-20;1-4-5-6(2)3;1-2/h3,6-9,12-15,17,19,21H,2,4-5,10-11,16,18H2,1H3,(H,27,32)(H2,26,28,29,30);4-5H,2H2,1,3H3;1-2H3/b;5-4-;/t21-;;/m1../s1. The summed E-state index contributed by atoms with van der Waals surface area (Å²) in [6.07, 6.45) is 14.8. The molecule has 7 nitrogen and oxygen atoms in total. The van der Waals surface area contributed by atoms with E-state index in [-0.39, 0.29) is 11.9 Å². The summed E-state index contributed by atoms with van der Waals surface area (Å²) in [4.78, 5) is 22.3. The van der Waals surface area contributed by atoms with Crippen molar-refractivity contribution >= 4 is 17.7 Å². The van der Waals surface area contributed by atoms with Crippen LogP contribution in [0.2, 0.25) is 0 Å². The summed E-state index contributed by atoms with van der Waals surface area (Å²) in [5.74, 6) is 2.46. The molecule has 0 spiro atoms. The van der Waals surface area contributed by atoms with Crippen LogP contribution in [-0.2, 0) is 11.3 Å².